The van der Waals surface area contributed by atoms with E-state index in [0.717, 1.165) is 10.0 Å². The second-order valence-electron chi connectivity index (χ2n) is 4.08. The summed E-state index contributed by atoms with van der Waals surface area (Å²) in [5.41, 5.74) is 0.983. The van der Waals surface area contributed by atoms with Crippen molar-refractivity contribution in [2.45, 2.75) is 12.6 Å². The quantitative estimate of drug-likeness (QED) is 0.838. The lowest BCUT2D eigenvalue weighted by molar-refractivity contribution is 0.0418. The Balaban J connectivity index is 2.55. The van der Waals surface area contributed by atoms with E-state index in [1.807, 2.05) is 18.0 Å². The van der Waals surface area contributed by atoms with Crippen molar-refractivity contribution >= 4 is 15.9 Å². The van der Waals surface area contributed by atoms with Crippen LogP contribution in [0.2, 0.25) is 0 Å². The number of phenolic OH excluding ortho intramolecular Hbond substituents is 1. The molecule has 1 atom stereocenters. The van der Waals surface area contributed by atoms with Crippen LogP contribution in [0, 0.1) is 0 Å². The maximum Gasteiger partial charge on any atom is 0.115 e. The standard InChI is InChI=1S/C12H18BrNO3/c1-14(7-11(16)8-17-2)6-9-5-10(15)3-4-12(9)13/h3-5,11,15-16H,6-8H2,1-2H3. The van der Waals surface area contributed by atoms with Gasteiger partial charge in [-0.15, -0.1) is 0 Å². The Labute approximate surface area is 110 Å². The highest BCUT2D eigenvalue weighted by Crippen LogP contribution is 2.22. The normalized spacial score (nSPS) is 13.0. The van der Waals surface area contributed by atoms with Crippen LogP contribution in [0.4, 0.5) is 0 Å². The third-order valence-corrected chi connectivity index (χ3v) is 3.12. The summed E-state index contributed by atoms with van der Waals surface area (Å²) >= 11 is 3.43. The van der Waals surface area contributed by atoms with Gasteiger partial charge < -0.3 is 14.9 Å². The van der Waals surface area contributed by atoms with Crippen LogP contribution in [0.15, 0.2) is 22.7 Å². The Morgan fingerprint density at radius 2 is 2.18 bits per heavy atom. The predicted molar refractivity (Wildman–Crippen MR) is 70.0 cm³/mol. The number of hydrogen-bond donors (Lipinski definition) is 2. The van der Waals surface area contributed by atoms with Crippen molar-refractivity contribution in [1.82, 2.24) is 4.90 Å². The number of nitrogens with zero attached hydrogens (tertiary/aromatic N) is 1. The summed E-state index contributed by atoms with van der Waals surface area (Å²) < 4.78 is 5.82. The first-order valence-electron chi connectivity index (χ1n) is 5.36. The average Bonchev–Trinajstić information content (AvgIpc) is 2.23. The van der Waals surface area contributed by atoms with Crippen molar-refractivity contribution in [3.63, 3.8) is 0 Å². The summed E-state index contributed by atoms with van der Waals surface area (Å²) in [6.45, 7) is 1.50. The first-order chi connectivity index (χ1) is 8.02. The molecule has 5 heteroatoms. The van der Waals surface area contributed by atoms with E-state index in [1.165, 1.54) is 0 Å². The zero-order chi connectivity index (χ0) is 12.8. The number of halogens is 1. The molecule has 0 spiro atoms. The molecule has 0 heterocycles. The van der Waals surface area contributed by atoms with Crippen molar-refractivity contribution in [3.05, 3.63) is 28.2 Å². The van der Waals surface area contributed by atoms with E-state index < -0.39 is 6.10 Å². The average molecular weight is 304 g/mol. The fraction of sp³-hybridized carbons (Fsp3) is 0.500. The molecule has 1 aromatic carbocycles. The SMILES string of the molecule is COCC(O)CN(C)Cc1cc(O)ccc1Br. The largest absolute Gasteiger partial charge is 0.508 e. The van der Waals surface area contributed by atoms with E-state index in [1.54, 1.807) is 19.2 Å². The maximum atomic E-state index is 9.59. The Bertz CT molecular complexity index is 360. The van der Waals surface area contributed by atoms with E-state index in [9.17, 15) is 10.2 Å². The van der Waals surface area contributed by atoms with Crippen LogP contribution in [0.1, 0.15) is 5.56 Å². The van der Waals surface area contributed by atoms with Crippen LogP contribution in [0.3, 0.4) is 0 Å². The summed E-state index contributed by atoms with van der Waals surface area (Å²) in [5, 5.41) is 19.0. The highest BCUT2D eigenvalue weighted by molar-refractivity contribution is 9.10. The first-order valence-corrected chi connectivity index (χ1v) is 6.15. The summed E-state index contributed by atoms with van der Waals surface area (Å²) in [7, 11) is 3.48. The van der Waals surface area contributed by atoms with Gasteiger partial charge in [-0.3, -0.25) is 4.90 Å². The van der Waals surface area contributed by atoms with Crippen molar-refractivity contribution in [3.8, 4) is 5.75 Å². The number of aromatic hydroxyl groups is 1. The van der Waals surface area contributed by atoms with Gasteiger partial charge >= 0.3 is 0 Å². The number of ether oxygens (including phenoxy) is 1. The molecule has 0 amide bonds. The number of methoxy groups -OCH3 is 1. The molecule has 17 heavy (non-hydrogen) atoms. The summed E-state index contributed by atoms with van der Waals surface area (Å²) in [5.74, 6) is 0.244. The minimum atomic E-state index is -0.499. The smallest absolute Gasteiger partial charge is 0.115 e. The van der Waals surface area contributed by atoms with Crippen LogP contribution >= 0.6 is 15.9 Å². The Morgan fingerprint density at radius 1 is 1.47 bits per heavy atom. The highest BCUT2D eigenvalue weighted by Gasteiger charge is 2.10. The van der Waals surface area contributed by atoms with Crippen LogP contribution < -0.4 is 0 Å². The monoisotopic (exact) mass is 303 g/mol. The van der Waals surface area contributed by atoms with Crippen molar-refractivity contribution in [2.24, 2.45) is 0 Å². The van der Waals surface area contributed by atoms with Gasteiger partial charge in [-0.05, 0) is 30.8 Å². The number of aliphatic hydroxyl groups is 1. The molecule has 0 aliphatic carbocycles. The van der Waals surface area contributed by atoms with E-state index in [-0.39, 0.29) is 5.75 Å². The molecule has 0 radical (unpaired) electrons. The summed E-state index contributed by atoms with van der Waals surface area (Å²) in [6.07, 6.45) is -0.499. The molecule has 0 aliphatic heterocycles. The lowest BCUT2D eigenvalue weighted by atomic mass is 10.2. The molecule has 4 nitrogen and oxygen atoms in total. The zero-order valence-electron chi connectivity index (χ0n) is 10.1. The molecule has 1 aromatic rings. The maximum absolute atomic E-state index is 9.59. The van der Waals surface area contributed by atoms with E-state index in [2.05, 4.69) is 15.9 Å². The Hall–Kier alpha value is -0.620. The molecule has 0 fully saturated rings. The summed E-state index contributed by atoms with van der Waals surface area (Å²) in [4.78, 5) is 1.98. The first kappa shape index (κ1) is 14.4. The molecule has 0 aromatic heterocycles. The van der Waals surface area contributed by atoms with Gasteiger partial charge in [0.05, 0.1) is 12.7 Å². The van der Waals surface area contributed by atoms with Crippen molar-refractivity contribution < 1.29 is 14.9 Å². The summed E-state index contributed by atoms with van der Waals surface area (Å²) in [6, 6.07) is 5.15. The Morgan fingerprint density at radius 3 is 2.82 bits per heavy atom. The van der Waals surface area contributed by atoms with Gasteiger partial charge in [0.15, 0.2) is 0 Å². The third-order valence-electron chi connectivity index (χ3n) is 2.35. The fourth-order valence-electron chi connectivity index (χ4n) is 1.64. The number of rotatable bonds is 6. The van der Waals surface area contributed by atoms with Gasteiger partial charge in [0.25, 0.3) is 0 Å². The number of likely N-dealkylation sites (N-methyl/N-ethyl adjacent to an activating group) is 1. The molecule has 1 rings (SSSR count). The van der Waals surface area contributed by atoms with Crippen LogP contribution in [-0.2, 0) is 11.3 Å². The van der Waals surface area contributed by atoms with Gasteiger partial charge in [0.1, 0.15) is 5.75 Å². The minimum Gasteiger partial charge on any atom is -0.508 e. The molecule has 2 N–H and O–H groups in total. The molecule has 0 bridgehead atoms. The fourth-order valence-corrected chi connectivity index (χ4v) is 2.01. The predicted octanol–water partition coefficient (Wildman–Crippen LogP) is 1.59. The topological polar surface area (TPSA) is 52.9 Å². The second-order valence-corrected chi connectivity index (χ2v) is 4.94. The molecule has 0 saturated carbocycles. The van der Waals surface area contributed by atoms with Gasteiger partial charge in [0.2, 0.25) is 0 Å². The molecule has 96 valence electrons. The molecule has 0 aliphatic rings. The number of aliphatic hydroxyl groups excluding tert-OH is 1. The number of hydrogen-bond acceptors (Lipinski definition) is 4. The van der Waals surface area contributed by atoms with Gasteiger partial charge in [-0.25, -0.2) is 0 Å². The zero-order valence-corrected chi connectivity index (χ0v) is 11.6. The van der Waals surface area contributed by atoms with Crippen LogP contribution in [0.5, 0.6) is 5.75 Å². The van der Waals surface area contributed by atoms with E-state index >= 15 is 0 Å². The Kier molecular flexibility index (Phi) is 5.91. The minimum absolute atomic E-state index is 0.244. The third kappa shape index (κ3) is 5.04. The number of phenols is 1. The number of benzene rings is 1. The molecule has 1 unspecified atom stereocenters. The van der Waals surface area contributed by atoms with Gasteiger partial charge in [-0.2, -0.15) is 0 Å². The van der Waals surface area contributed by atoms with E-state index in [0.29, 0.717) is 19.7 Å². The lowest BCUT2D eigenvalue weighted by Crippen LogP contribution is -2.31. The van der Waals surface area contributed by atoms with E-state index in [4.69, 9.17) is 4.74 Å². The lowest BCUT2D eigenvalue weighted by Gasteiger charge is -2.20. The van der Waals surface area contributed by atoms with Gasteiger partial charge in [0, 0.05) is 24.7 Å². The molecule has 0 saturated heterocycles. The van der Waals surface area contributed by atoms with Crippen molar-refractivity contribution in [2.75, 3.05) is 27.3 Å². The van der Waals surface area contributed by atoms with Crippen LogP contribution in [-0.4, -0.2) is 48.5 Å². The highest BCUT2D eigenvalue weighted by atomic mass is 79.9. The second kappa shape index (κ2) is 6.96. The molecular weight excluding hydrogens is 286 g/mol. The van der Waals surface area contributed by atoms with Crippen LogP contribution in [0.25, 0.3) is 0 Å². The van der Waals surface area contributed by atoms with Crippen molar-refractivity contribution in [1.29, 1.82) is 0 Å². The van der Waals surface area contributed by atoms with Gasteiger partial charge in [-0.1, -0.05) is 15.9 Å². The molecular formula is C12H18BrNO3.